The van der Waals surface area contributed by atoms with E-state index in [1.165, 1.54) is 11.1 Å². The van der Waals surface area contributed by atoms with E-state index in [0.29, 0.717) is 44.2 Å². The van der Waals surface area contributed by atoms with Crippen molar-refractivity contribution in [3.05, 3.63) is 76.0 Å². The molecule has 1 unspecified atom stereocenters. The third-order valence-corrected chi connectivity index (χ3v) is 9.58. The molecule has 2 N–H and O–H groups in total. The van der Waals surface area contributed by atoms with Gasteiger partial charge in [-0.2, -0.15) is 5.26 Å². The fraction of sp³-hybridized carbons (Fsp3) is 0.500. The Bertz CT molecular complexity index is 1420. The van der Waals surface area contributed by atoms with Crippen LogP contribution in [-0.2, 0) is 14.9 Å². The normalized spacial score (nSPS) is 20.6. The molecule has 2 saturated heterocycles. The molecule has 2 aromatic carbocycles. The minimum absolute atomic E-state index is 0.0651. The van der Waals surface area contributed by atoms with E-state index < -0.39 is 5.41 Å². The minimum Gasteiger partial charge on any atom is -0.382 e. The van der Waals surface area contributed by atoms with Crippen LogP contribution in [0.2, 0.25) is 0 Å². The number of benzene rings is 2. The van der Waals surface area contributed by atoms with Crippen LogP contribution in [-0.4, -0.2) is 57.5 Å². The van der Waals surface area contributed by atoms with Gasteiger partial charge < -0.3 is 25.0 Å². The zero-order valence-electron chi connectivity index (χ0n) is 26.4. The molecule has 0 radical (unpaired) electrons. The standard InChI is InChI=1S/C36H46N4O3/c1-6-40(31-11-15-42-16-12-31)34-21-29(28-7-9-30(10-8-28)36(23-37)13-17-43-18-14-36)20-32(26(34)4)35(41)38-22-33-24(2)19-25(3)39-27(33)5/h7-10,19-21,27,31,39H,6,11-18,22H2,1-5H3,(H,38,41). The first-order valence-electron chi connectivity index (χ1n) is 15.8. The number of nitriles is 1. The zero-order chi connectivity index (χ0) is 30.6. The second-order valence-corrected chi connectivity index (χ2v) is 12.3. The molecule has 0 aromatic heterocycles. The highest BCUT2D eigenvalue weighted by atomic mass is 16.5. The van der Waals surface area contributed by atoms with E-state index in [1.54, 1.807) is 0 Å². The van der Waals surface area contributed by atoms with Crippen LogP contribution in [0.1, 0.15) is 74.9 Å². The predicted molar refractivity (Wildman–Crippen MR) is 172 cm³/mol. The lowest BCUT2D eigenvalue weighted by Gasteiger charge is -2.37. The molecule has 1 atom stereocenters. The number of hydrogen-bond acceptors (Lipinski definition) is 6. The second-order valence-electron chi connectivity index (χ2n) is 12.3. The Labute approximate surface area is 256 Å². The van der Waals surface area contributed by atoms with E-state index in [0.717, 1.165) is 66.2 Å². The molecule has 2 fully saturated rings. The van der Waals surface area contributed by atoms with Crippen LogP contribution < -0.4 is 15.5 Å². The van der Waals surface area contributed by atoms with Crippen molar-refractivity contribution in [2.75, 3.05) is 44.4 Å². The Morgan fingerprint density at radius 3 is 2.35 bits per heavy atom. The maximum Gasteiger partial charge on any atom is 0.251 e. The SMILES string of the molecule is CCN(c1cc(-c2ccc(C3(C#N)CCOCC3)cc2)cc(C(=O)NCC2=C(C)C=C(C)NC2C)c1C)C1CCOCC1. The van der Waals surface area contributed by atoms with Crippen molar-refractivity contribution < 1.29 is 14.3 Å². The lowest BCUT2D eigenvalue weighted by Crippen LogP contribution is -2.40. The summed E-state index contributed by atoms with van der Waals surface area (Å²) in [5.74, 6) is -0.0651. The molecule has 0 bridgehead atoms. The molecule has 0 saturated carbocycles. The highest BCUT2D eigenvalue weighted by molar-refractivity contribution is 5.99. The molecule has 3 aliphatic rings. The Morgan fingerprint density at radius 2 is 1.72 bits per heavy atom. The molecule has 0 aliphatic carbocycles. The summed E-state index contributed by atoms with van der Waals surface area (Å²) >= 11 is 0. The molecule has 3 heterocycles. The van der Waals surface area contributed by atoms with Gasteiger partial charge in [0.05, 0.1) is 11.5 Å². The number of carbonyl (C=O) groups excluding carboxylic acids is 1. The van der Waals surface area contributed by atoms with E-state index in [4.69, 9.17) is 9.47 Å². The summed E-state index contributed by atoms with van der Waals surface area (Å²) in [6.45, 7) is 14.7. The number of allylic oxidation sites excluding steroid dienone is 3. The molecule has 43 heavy (non-hydrogen) atoms. The first kappa shape index (κ1) is 30.8. The van der Waals surface area contributed by atoms with Gasteiger partial charge in [0, 0.05) is 68.5 Å². The van der Waals surface area contributed by atoms with E-state index in [1.807, 2.05) is 6.07 Å². The molecular formula is C36H46N4O3. The Kier molecular flexibility index (Phi) is 9.59. The topological polar surface area (TPSA) is 86.6 Å². The van der Waals surface area contributed by atoms with Gasteiger partial charge in [0.15, 0.2) is 0 Å². The number of rotatable bonds is 8. The highest BCUT2D eigenvalue weighted by Gasteiger charge is 2.34. The van der Waals surface area contributed by atoms with E-state index >= 15 is 0 Å². The third-order valence-electron chi connectivity index (χ3n) is 9.58. The van der Waals surface area contributed by atoms with Crippen molar-refractivity contribution >= 4 is 11.6 Å². The Balaban J connectivity index is 1.51. The third kappa shape index (κ3) is 6.51. The fourth-order valence-electron chi connectivity index (χ4n) is 6.98. The molecular weight excluding hydrogens is 536 g/mol. The van der Waals surface area contributed by atoms with Crippen LogP contribution in [0.4, 0.5) is 5.69 Å². The van der Waals surface area contributed by atoms with Gasteiger partial charge in [-0.1, -0.05) is 24.3 Å². The maximum absolute atomic E-state index is 13.9. The quantitative estimate of drug-likeness (QED) is 0.387. The summed E-state index contributed by atoms with van der Waals surface area (Å²) < 4.78 is 11.2. The average molecular weight is 583 g/mol. The van der Waals surface area contributed by atoms with Crippen molar-refractivity contribution in [3.63, 3.8) is 0 Å². The molecule has 5 rings (SSSR count). The largest absolute Gasteiger partial charge is 0.382 e. The minimum atomic E-state index is -0.506. The van der Waals surface area contributed by atoms with Crippen molar-refractivity contribution in [1.29, 1.82) is 5.26 Å². The zero-order valence-corrected chi connectivity index (χ0v) is 26.4. The summed E-state index contributed by atoms with van der Waals surface area (Å²) in [7, 11) is 0. The Morgan fingerprint density at radius 1 is 1.05 bits per heavy atom. The molecule has 3 aliphatic heterocycles. The van der Waals surface area contributed by atoms with Crippen molar-refractivity contribution in [3.8, 4) is 17.2 Å². The summed E-state index contributed by atoms with van der Waals surface area (Å²) in [4.78, 5) is 16.3. The van der Waals surface area contributed by atoms with Crippen LogP contribution in [0, 0.1) is 18.3 Å². The summed E-state index contributed by atoms with van der Waals surface area (Å²) in [5, 5.41) is 16.8. The number of amides is 1. The van der Waals surface area contributed by atoms with Gasteiger partial charge in [-0.15, -0.1) is 0 Å². The fourth-order valence-corrected chi connectivity index (χ4v) is 6.98. The van der Waals surface area contributed by atoms with E-state index in [2.05, 4.69) is 92.6 Å². The van der Waals surface area contributed by atoms with Gasteiger partial charge in [-0.25, -0.2) is 0 Å². The van der Waals surface area contributed by atoms with Gasteiger partial charge in [0.2, 0.25) is 0 Å². The number of nitrogens with zero attached hydrogens (tertiary/aromatic N) is 2. The number of anilines is 1. The van der Waals surface area contributed by atoms with E-state index in [9.17, 15) is 10.1 Å². The van der Waals surface area contributed by atoms with Crippen LogP contribution in [0.15, 0.2) is 59.3 Å². The van der Waals surface area contributed by atoms with Crippen LogP contribution in [0.25, 0.3) is 11.1 Å². The lowest BCUT2D eigenvalue weighted by molar-refractivity contribution is 0.0675. The number of nitrogens with one attached hydrogen (secondary N) is 2. The van der Waals surface area contributed by atoms with Gasteiger partial charge in [-0.05, 0) is 112 Å². The summed E-state index contributed by atoms with van der Waals surface area (Å²) in [6.07, 6.45) is 5.49. The molecule has 7 nitrogen and oxygen atoms in total. The van der Waals surface area contributed by atoms with Gasteiger partial charge in [0.1, 0.15) is 0 Å². The van der Waals surface area contributed by atoms with Crippen LogP contribution >= 0.6 is 0 Å². The van der Waals surface area contributed by atoms with Gasteiger partial charge in [-0.3, -0.25) is 4.79 Å². The number of carbonyl (C=O) groups is 1. The lowest BCUT2D eigenvalue weighted by atomic mass is 9.75. The average Bonchev–Trinajstić information content (AvgIpc) is 3.02. The highest BCUT2D eigenvalue weighted by Crippen LogP contribution is 2.37. The van der Waals surface area contributed by atoms with E-state index in [-0.39, 0.29) is 11.9 Å². The molecule has 0 spiro atoms. The first-order chi connectivity index (χ1) is 20.8. The van der Waals surface area contributed by atoms with Crippen LogP contribution in [0.3, 0.4) is 0 Å². The Hall–Kier alpha value is -3.60. The van der Waals surface area contributed by atoms with Crippen LogP contribution in [0.5, 0.6) is 0 Å². The monoisotopic (exact) mass is 582 g/mol. The maximum atomic E-state index is 13.9. The second kappa shape index (κ2) is 13.4. The van der Waals surface area contributed by atoms with Gasteiger partial charge >= 0.3 is 0 Å². The molecule has 1 amide bonds. The van der Waals surface area contributed by atoms with Gasteiger partial charge in [0.25, 0.3) is 5.91 Å². The van der Waals surface area contributed by atoms with Crippen molar-refractivity contribution in [1.82, 2.24) is 10.6 Å². The number of hydrogen-bond donors (Lipinski definition) is 2. The van der Waals surface area contributed by atoms with Crippen molar-refractivity contribution in [2.24, 2.45) is 0 Å². The first-order valence-corrected chi connectivity index (χ1v) is 15.8. The smallest absolute Gasteiger partial charge is 0.251 e. The number of ether oxygens (including phenoxy) is 2. The summed E-state index contributed by atoms with van der Waals surface area (Å²) in [5.41, 5.74) is 8.89. The number of dihydropyridines is 1. The summed E-state index contributed by atoms with van der Waals surface area (Å²) in [6, 6.07) is 15.8. The van der Waals surface area contributed by atoms with Crippen molar-refractivity contribution in [2.45, 2.75) is 77.8 Å². The molecule has 2 aromatic rings. The molecule has 228 valence electrons. The molecule has 7 heteroatoms. The predicted octanol–water partition coefficient (Wildman–Crippen LogP) is 6.18.